The second-order valence-corrected chi connectivity index (χ2v) is 4.21. The maximum absolute atomic E-state index is 5.40. The molecule has 1 heteroatoms. The number of allylic oxidation sites excluding steroid dienone is 2. The summed E-state index contributed by atoms with van der Waals surface area (Å²) in [7, 11) is 0. The van der Waals surface area contributed by atoms with Gasteiger partial charge in [-0.25, -0.2) is 0 Å². The first-order valence-corrected chi connectivity index (χ1v) is 4.97. The van der Waals surface area contributed by atoms with Crippen LogP contribution in [-0.2, 0) is 4.74 Å². The van der Waals surface area contributed by atoms with Gasteiger partial charge < -0.3 is 4.74 Å². The zero-order valence-electron chi connectivity index (χ0n) is 8.23. The summed E-state index contributed by atoms with van der Waals surface area (Å²) < 4.78 is 5.40. The summed E-state index contributed by atoms with van der Waals surface area (Å²) in [6, 6.07) is 0. The number of hydrogen-bond donors (Lipinski definition) is 0. The molecular formula is C13H20O. The number of hydrogen-bond acceptors (Lipinski definition) is 1. The van der Waals surface area contributed by atoms with Crippen LogP contribution in [0.3, 0.4) is 0 Å². The minimum atomic E-state index is 0. The summed E-state index contributed by atoms with van der Waals surface area (Å²) >= 11 is 0. The van der Waals surface area contributed by atoms with Gasteiger partial charge in [0, 0.05) is 5.92 Å². The van der Waals surface area contributed by atoms with Crippen LogP contribution in [0.5, 0.6) is 0 Å². The van der Waals surface area contributed by atoms with Gasteiger partial charge in [0.25, 0.3) is 0 Å². The van der Waals surface area contributed by atoms with E-state index in [1.807, 2.05) is 6.26 Å². The molecule has 1 aliphatic carbocycles. The summed E-state index contributed by atoms with van der Waals surface area (Å²) in [6.45, 7) is 4.50. The summed E-state index contributed by atoms with van der Waals surface area (Å²) in [6.07, 6.45) is 12.1. The fraction of sp³-hybridized carbons (Fsp3) is 0.538. The van der Waals surface area contributed by atoms with E-state index in [9.17, 15) is 0 Å². The molecule has 1 nitrogen and oxygen atoms in total. The number of ether oxygens (including phenoxy) is 1. The molecule has 0 amide bonds. The SMILES string of the molecule is C.CC(C)CC1=CC2C=COC2C=C1. The van der Waals surface area contributed by atoms with E-state index in [1.165, 1.54) is 12.0 Å². The van der Waals surface area contributed by atoms with Crippen molar-refractivity contribution in [3.63, 3.8) is 0 Å². The molecule has 2 rings (SSSR count). The van der Waals surface area contributed by atoms with Crippen LogP contribution in [0, 0.1) is 11.8 Å². The topological polar surface area (TPSA) is 9.23 Å². The normalized spacial score (nSPS) is 28.1. The predicted molar refractivity (Wildman–Crippen MR) is 60.9 cm³/mol. The van der Waals surface area contributed by atoms with Gasteiger partial charge in [0.15, 0.2) is 0 Å². The van der Waals surface area contributed by atoms with Crippen LogP contribution in [-0.4, -0.2) is 6.10 Å². The standard InChI is InChI=1S/C12H16O.CH4/c1-9(2)7-10-3-4-12-11(8-10)5-6-13-12;/h3-6,8-9,11-12H,7H2,1-2H3;1H4. The lowest BCUT2D eigenvalue weighted by atomic mass is 9.91. The molecule has 0 radical (unpaired) electrons. The third-order valence-corrected chi connectivity index (χ3v) is 2.47. The second kappa shape index (κ2) is 4.50. The van der Waals surface area contributed by atoms with Crippen molar-refractivity contribution in [2.24, 2.45) is 11.8 Å². The average molecular weight is 192 g/mol. The number of rotatable bonds is 2. The molecule has 2 unspecified atom stereocenters. The average Bonchev–Trinajstić information content (AvgIpc) is 2.49. The molecule has 0 aromatic rings. The molecule has 1 aliphatic heterocycles. The first-order chi connectivity index (χ1) is 6.25. The lowest BCUT2D eigenvalue weighted by Gasteiger charge is -2.18. The van der Waals surface area contributed by atoms with Crippen molar-refractivity contribution in [1.82, 2.24) is 0 Å². The highest BCUT2D eigenvalue weighted by Crippen LogP contribution is 2.28. The van der Waals surface area contributed by atoms with Crippen molar-refractivity contribution in [3.8, 4) is 0 Å². The molecule has 0 aromatic carbocycles. The Morgan fingerprint density at radius 1 is 1.36 bits per heavy atom. The van der Waals surface area contributed by atoms with E-state index < -0.39 is 0 Å². The molecule has 1 heterocycles. The van der Waals surface area contributed by atoms with Gasteiger partial charge in [-0.2, -0.15) is 0 Å². The van der Waals surface area contributed by atoms with Crippen molar-refractivity contribution in [2.75, 3.05) is 0 Å². The van der Waals surface area contributed by atoms with E-state index in [0.717, 1.165) is 5.92 Å². The molecule has 0 bridgehead atoms. The Labute approximate surface area is 87.2 Å². The molecule has 2 aliphatic rings. The first-order valence-electron chi connectivity index (χ1n) is 4.97. The van der Waals surface area contributed by atoms with Gasteiger partial charge in [-0.05, 0) is 24.5 Å². The molecule has 14 heavy (non-hydrogen) atoms. The van der Waals surface area contributed by atoms with E-state index in [4.69, 9.17) is 4.74 Å². The monoisotopic (exact) mass is 192 g/mol. The van der Waals surface area contributed by atoms with E-state index in [0.29, 0.717) is 5.92 Å². The van der Waals surface area contributed by atoms with Gasteiger partial charge in [0.05, 0.1) is 6.26 Å². The molecule has 0 saturated heterocycles. The Bertz CT molecular complexity index is 271. The maximum atomic E-state index is 5.40. The number of fused-ring (bicyclic) bond motifs is 1. The third kappa shape index (κ3) is 2.28. The second-order valence-electron chi connectivity index (χ2n) is 4.21. The van der Waals surface area contributed by atoms with Crippen LogP contribution in [0.15, 0.2) is 36.1 Å². The van der Waals surface area contributed by atoms with Gasteiger partial charge in [-0.3, -0.25) is 0 Å². The Morgan fingerprint density at radius 3 is 2.86 bits per heavy atom. The molecule has 0 spiro atoms. The largest absolute Gasteiger partial charge is 0.493 e. The van der Waals surface area contributed by atoms with E-state index >= 15 is 0 Å². The fourth-order valence-corrected chi connectivity index (χ4v) is 1.88. The minimum Gasteiger partial charge on any atom is -0.493 e. The van der Waals surface area contributed by atoms with Gasteiger partial charge in [0.1, 0.15) is 6.10 Å². The van der Waals surface area contributed by atoms with Gasteiger partial charge in [-0.1, -0.05) is 39.0 Å². The summed E-state index contributed by atoms with van der Waals surface area (Å²) in [5.74, 6) is 1.22. The first kappa shape index (κ1) is 11.1. The minimum absolute atomic E-state index is 0. The van der Waals surface area contributed by atoms with Crippen molar-refractivity contribution in [1.29, 1.82) is 0 Å². The van der Waals surface area contributed by atoms with Crippen molar-refractivity contribution in [3.05, 3.63) is 36.1 Å². The Hall–Kier alpha value is -0.980. The molecule has 78 valence electrons. The molecule has 2 atom stereocenters. The molecule has 0 saturated carbocycles. The van der Waals surface area contributed by atoms with Crippen molar-refractivity contribution < 1.29 is 4.74 Å². The van der Waals surface area contributed by atoms with Crippen LogP contribution in [0.4, 0.5) is 0 Å². The zero-order chi connectivity index (χ0) is 9.26. The van der Waals surface area contributed by atoms with Crippen molar-refractivity contribution in [2.45, 2.75) is 33.8 Å². The summed E-state index contributed by atoms with van der Waals surface area (Å²) in [5, 5.41) is 0. The molecule has 0 fully saturated rings. The quantitative estimate of drug-likeness (QED) is 0.648. The van der Waals surface area contributed by atoms with Crippen LogP contribution in [0.25, 0.3) is 0 Å². The predicted octanol–water partition coefficient (Wildman–Crippen LogP) is 3.69. The van der Waals surface area contributed by atoms with Crippen LogP contribution in [0.1, 0.15) is 27.7 Å². The van der Waals surface area contributed by atoms with Gasteiger partial charge >= 0.3 is 0 Å². The highest BCUT2D eigenvalue weighted by atomic mass is 16.5. The fourth-order valence-electron chi connectivity index (χ4n) is 1.88. The Kier molecular flexibility index (Phi) is 3.56. The molecule has 0 N–H and O–H groups in total. The highest BCUT2D eigenvalue weighted by molar-refractivity contribution is 5.30. The van der Waals surface area contributed by atoms with E-state index in [-0.39, 0.29) is 13.5 Å². The van der Waals surface area contributed by atoms with Crippen LogP contribution < -0.4 is 0 Å². The maximum Gasteiger partial charge on any atom is 0.126 e. The third-order valence-electron chi connectivity index (χ3n) is 2.47. The summed E-state index contributed by atoms with van der Waals surface area (Å²) in [4.78, 5) is 0. The summed E-state index contributed by atoms with van der Waals surface area (Å²) in [5.41, 5.74) is 1.45. The molecule has 0 aromatic heterocycles. The lowest BCUT2D eigenvalue weighted by Crippen LogP contribution is -2.15. The lowest BCUT2D eigenvalue weighted by molar-refractivity contribution is 0.191. The van der Waals surface area contributed by atoms with E-state index in [1.54, 1.807) is 0 Å². The smallest absolute Gasteiger partial charge is 0.126 e. The van der Waals surface area contributed by atoms with Crippen LogP contribution in [0.2, 0.25) is 0 Å². The Balaban J connectivity index is 0.000000980. The molecular weight excluding hydrogens is 172 g/mol. The van der Waals surface area contributed by atoms with E-state index in [2.05, 4.69) is 38.2 Å². The highest BCUT2D eigenvalue weighted by Gasteiger charge is 2.23. The van der Waals surface area contributed by atoms with Crippen molar-refractivity contribution >= 4 is 0 Å². The Morgan fingerprint density at radius 2 is 2.14 bits per heavy atom. The zero-order valence-corrected chi connectivity index (χ0v) is 8.23. The van der Waals surface area contributed by atoms with Gasteiger partial charge in [-0.15, -0.1) is 0 Å². The van der Waals surface area contributed by atoms with Gasteiger partial charge in [0.2, 0.25) is 0 Å². The van der Waals surface area contributed by atoms with Crippen LogP contribution >= 0.6 is 0 Å².